The molecule has 0 saturated heterocycles. The van der Waals surface area contributed by atoms with Crippen LogP contribution in [0.3, 0.4) is 0 Å². The molecule has 3 nitrogen and oxygen atoms in total. The number of aliphatic hydroxyl groups excluding tert-OH is 1. The molecule has 0 aliphatic carbocycles. The summed E-state index contributed by atoms with van der Waals surface area (Å²) in [5.41, 5.74) is 0.458. The molecule has 100 valence electrons. The molecule has 6 heteroatoms. The van der Waals surface area contributed by atoms with Gasteiger partial charge < -0.3 is 9.84 Å². The Morgan fingerprint density at radius 1 is 1.00 bits per heavy atom. The first-order chi connectivity index (χ1) is 9.10. The predicted octanol–water partition coefficient (Wildman–Crippen LogP) is 2.57. The molecule has 0 unspecified atom stereocenters. The first-order valence-electron chi connectivity index (χ1n) is 5.41. The average molecular weight is 269 g/mol. The topological polar surface area (TPSA) is 42.4 Å². The highest BCUT2D eigenvalue weighted by Gasteiger charge is 2.12. The highest BCUT2D eigenvalue weighted by molar-refractivity contribution is 5.31. The van der Waals surface area contributed by atoms with Gasteiger partial charge in [-0.1, -0.05) is 0 Å². The second-order valence-electron chi connectivity index (χ2n) is 3.85. The van der Waals surface area contributed by atoms with E-state index in [1.54, 1.807) is 0 Å². The van der Waals surface area contributed by atoms with Crippen LogP contribution in [0.25, 0.3) is 0 Å². The summed E-state index contributed by atoms with van der Waals surface area (Å²) in [6, 6.07) is 3.11. The van der Waals surface area contributed by atoms with Crippen LogP contribution in [0.2, 0.25) is 0 Å². The molecule has 1 N–H and O–H groups in total. The highest BCUT2D eigenvalue weighted by atomic mass is 19.1. The highest BCUT2D eigenvalue weighted by Crippen LogP contribution is 2.24. The van der Waals surface area contributed by atoms with E-state index >= 15 is 0 Å². The minimum Gasteiger partial charge on any atom is -0.483 e. The average Bonchev–Trinajstić information content (AvgIpc) is 2.37. The number of hydrogen-bond donors (Lipinski definition) is 1. The molecule has 19 heavy (non-hydrogen) atoms. The Balaban J connectivity index is 2.16. The van der Waals surface area contributed by atoms with E-state index < -0.39 is 29.8 Å². The van der Waals surface area contributed by atoms with Crippen molar-refractivity contribution in [2.45, 2.75) is 13.2 Å². The molecular weight excluding hydrogens is 259 g/mol. The molecule has 0 atom stereocenters. The first kappa shape index (κ1) is 13.4. The number of rotatable bonds is 4. The molecule has 2 aromatic rings. The van der Waals surface area contributed by atoms with Crippen LogP contribution in [0, 0.1) is 17.5 Å². The monoisotopic (exact) mass is 269 g/mol. The molecule has 0 spiro atoms. The Morgan fingerprint density at radius 3 is 2.26 bits per heavy atom. The third kappa shape index (κ3) is 3.23. The maximum atomic E-state index is 13.5. The van der Waals surface area contributed by atoms with Crippen LogP contribution in [0.4, 0.5) is 13.2 Å². The summed E-state index contributed by atoms with van der Waals surface area (Å²) in [6.07, 6.45) is 2.35. The van der Waals surface area contributed by atoms with Gasteiger partial charge in [-0.15, -0.1) is 0 Å². The molecule has 0 amide bonds. The van der Waals surface area contributed by atoms with Crippen molar-refractivity contribution < 1.29 is 23.0 Å². The van der Waals surface area contributed by atoms with Gasteiger partial charge in [0.1, 0.15) is 12.4 Å². The van der Waals surface area contributed by atoms with E-state index in [0.29, 0.717) is 5.56 Å². The van der Waals surface area contributed by atoms with Crippen molar-refractivity contribution in [1.29, 1.82) is 0 Å². The van der Waals surface area contributed by atoms with Gasteiger partial charge in [-0.05, 0) is 23.8 Å². The van der Waals surface area contributed by atoms with E-state index in [1.165, 1.54) is 6.20 Å². The zero-order chi connectivity index (χ0) is 13.8. The molecule has 0 aliphatic rings. The fourth-order valence-corrected chi connectivity index (χ4v) is 1.53. The molecule has 1 aromatic heterocycles. The fraction of sp³-hybridized carbons (Fsp3) is 0.154. The van der Waals surface area contributed by atoms with Gasteiger partial charge in [0.15, 0.2) is 17.4 Å². The standard InChI is InChI=1S/C13H10F3NO2/c14-10-1-9(4-17-5-10)7-19-13-11(15)2-8(6-18)3-12(13)16/h1-5,18H,6-7H2. The third-order valence-electron chi connectivity index (χ3n) is 2.39. The zero-order valence-corrected chi connectivity index (χ0v) is 9.74. The molecule has 0 radical (unpaired) electrons. The third-order valence-corrected chi connectivity index (χ3v) is 2.39. The van der Waals surface area contributed by atoms with E-state index in [9.17, 15) is 13.2 Å². The number of hydrogen-bond acceptors (Lipinski definition) is 3. The second-order valence-corrected chi connectivity index (χ2v) is 3.85. The van der Waals surface area contributed by atoms with Gasteiger partial charge in [0.25, 0.3) is 0 Å². The largest absolute Gasteiger partial charge is 0.483 e. The Bertz CT molecular complexity index is 567. The molecule has 1 aromatic carbocycles. The van der Waals surface area contributed by atoms with Crippen molar-refractivity contribution in [2.75, 3.05) is 0 Å². The number of aromatic nitrogens is 1. The Morgan fingerprint density at radius 2 is 1.68 bits per heavy atom. The van der Waals surface area contributed by atoms with E-state index in [0.717, 1.165) is 24.4 Å². The number of benzene rings is 1. The van der Waals surface area contributed by atoms with Crippen LogP contribution in [-0.2, 0) is 13.2 Å². The minimum absolute atomic E-state index is 0.106. The zero-order valence-electron chi connectivity index (χ0n) is 9.74. The van der Waals surface area contributed by atoms with Crippen LogP contribution < -0.4 is 4.74 Å². The lowest BCUT2D eigenvalue weighted by molar-refractivity contribution is 0.265. The van der Waals surface area contributed by atoms with Crippen LogP contribution in [0.15, 0.2) is 30.6 Å². The van der Waals surface area contributed by atoms with Gasteiger partial charge in [-0.25, -0.2) is 13.2 Å². The lowest BCUT2D eigenvalue weighted by Crippen LogP contribution is -2.02. The lowest BCUT2D eigenvalue weighted by atomic mass is 10.2. The molecule has 2 rings (SSSR count). The normalized spacial score (nSPS) is 10.5. The van der Waals surface area contributed by atoms with Crippen molar-refractivity contribution in [1.82, 2.24) is 4.98 Å². The van der Waals surface area contributed by atoms with E-state index in [4.69, 9.17) is 9.84 Å². The predicted molar refractivity (Wildman–Crippen MR) is 60.8 cm³/mol. The Hall–Kier alpha value is -2.08. The summed E-state index contributed by atoms with van der Waals surface area (Å²) >= 11 is 0. The van der Waals surface area contributed by atoms with Crippen molar-refractivity contribution in [3.63, 3.8) is 0 Å². The van der Waals surface area contributed by atoms with Crippen LogP contribution in [0.1, 0.15) is 11.1 Å². The number of aliphatic hydroxyl groups is 1. The number of ether oxygens (including phenoxy) is 1. The summed E-state index contributed by atoms with van der Waals surface area (Å²) in [4.78, 5) is 3.59. The van der Waals surface area contributed by atoms with Crippen molar-refractivity contribution in [2.24, 2.45) is 0 Å². The van der Waals surface area contributed by atoms with Crippen LogP contribution in [0.5, 0.6) is 5.75 Å². The first-order valence-corrected chi connectivity index (χ1v) is 5.41. The molecule has 1 heterocycles. The Kier molecular flexibility index (Phi) is 4.01. The van der Waals surface area contributed by atoms with E-state index in [-0.39, 0.29) is 12.2 Å². The van der Waals surface area contributed by atoms with Crippen molar-refractivity contribution in [3.05, 3.63) is 59.2 Å². The molecule has 0 bridgehead atoms. The van der Waals surface area contributed by atoms with Crippen LogP contribution >= 0.6 is 0 Å². The lowest BCUT2D eigenvalue weighted by Gasteiger charge is -2.09. The minimum atomic E-state index is -0.923. The van der Waals surface area contributed by atoms with Gasteiger partial charge >= 0.3 is 0 Å². The number of nitrogens with zero attached hydrogens (tertiary/aromatic N) is 1. The Labute approximate surface area is 107 Å². The van der Waals surface area contributed by atoms with Gasteiger partial charge in [-0.3, -0.25) is 4.98 Å². The summed E-state index contributed by atoms with van der Waals surface area (Å²) in [5, 5.41) is 8.79. The molecule has 0 aliphatic heterocycles. The summed E-state index contributed by atoms with van der Waals surface area (Å²) in [5.74, 6) is -2.97. The molecule has 0 saturated carbocycles. The van der Waals surface area contributed by atoms with Gasteiger partial charge in [-0.2, -0.15) is 0 Å². The second kappa shape index (κ2) is 5.71. The van der Waals surface area contributed by atoms with Gasteiger partial charge in [0.2, 0.25) is 0 Å². The van der Waals surface area contributed by atoms with Crippen LogP contribution in [-0.4, -0.2) is 10.1 Å². The molecular formula is C13H10F3NO2. The SMILES string of the molecule is OCc1cc(F)c(OCc2cncc(F)c2)c(F)c1. The summed E-state index contributed by atoms with van der Waals surface area (Å²) in [7, 11) is 0. The van der Waals surface area contributed by atoms with Crippen molar-refractivity contribution in [3.8, 4) is 5.75 Å². The van der Waals surface area contributed by atoms with E-state index in [2.05, 4.69) is 4.98 Å². The van der Waals surface area contributed by atoms with Crippen molar-refractivity contribution >= 4 is 0 Å². The van der Waals surface area contributed by atoms with E-state index in [1.807, 2.05) is 0 Å². The maximum Gasteiger partial charge on any atom is 0.191 e. The quantitative estimate of drug-likeness (QED) is 0.927. The smallest absolute Gasteiger partial charge is 0.191 e. The number of pyridine rings is 1. The number of halogens is 3. The van der Waals surface area contributed by atoms with Gasteiger partial charge in [0.05, 0.1) is 12.8 Å². The van der Waals surface area contributed by atoms with Gasteiger partial charge in [0, 0.05) is 11.8 Å². The molecule has 0 fully saturated rings. The summed E-state index contributed by atoms with van der Waals surface area (Å²) < 4.78 is 44.9. The fourth-order valence-electron chi connectivity index (χ4n) is 1.53. The maximum absolute atomic E-state index is 13.5. The summed E-state index contributed by atoms with van der Waals surface area (Å²) in [6.45, 7) is -0.682.